The Labute approximate surface area is 157 Å². The SMILES string of the molecule is O=C(O)CC1Cc2ccc(OCCCNc3ncccn3)cc2CNC1=O. The van der Waals surface area contributed by atoms with E-state index in [4.69, 9.17) is 9.84 Å². The van der Waals surface area contributed by atoms with E-state index in [-0.39, 0.29) is 12.3 Å². The van der Waals surface area contributed by atoms with Crippen LogP contribution in [0.1, 0.15) is 24.0 Å². The van der Waals surface area contributed by atoms with E-state index in [1.165, 1.54) is 0 Å². The summed E-state index contributed by atoms with van der Waals surface area (Å²) >= 11 is 0. The zero-order valence-electron chi connectivity index (χ0n) is 14.9. The molecule has 0 bridgehead atoms. The Morgan fingerprint density at radius 3 is 2.89 bits per heavy atom. The van der Waals surface area contributed by atoms with E-state index < -0.39 is 11.9 Å². The second-order valence-electron chi connectivity index (χ2n) is 6.35. The fourth-order valence-electron chi connectivity index (χ4n) is 2.97. The van der Waals surface area contributed by atoms with Crippen molar-refractivity contribution in [3.05, 3.63) is 47.8 Å². The van der Waals surface area contributed by atoms with Crippen LogP contribution >= 0.6 is 0 Å². The van der Waals surface area contributed by atoms with Gasteiger partial charge in [0.2, 0.25) is 11.9 Å². The van der Waals surface area contributed by atoms with Gasteiger partial charge in [-0.05, 0) is 42.2 Å². The molecule has 0 spiro atoms. The van der Waals surface area contributed by atoms with Gasteiger partial charge in [-0.1, -0.05) is 6.07 Å². The maximum Gasteiger partial charge on any atom is 0.304 e. The molecule has 0 fully saturated rings. The maximum absolute atomic E-state index is 12.0. The summed E-state index contributed by atoms with van der Waals surface area (Å²) in [6, 6.07) is 7.45. The van der Waals surface area contributed by atoms with Crippen LogP contribution in [0.15, 0.2) is 36.7 Å². The monoisotopic (exact) mass is 370 g/mol. The number of carboxylic acid groups (broad SMARTS) is 1. The minimum Gasteiger partial charge on any atom is -0.494 e. The number of aliphatic carboxylic acids is 1. The molecule has 0 saturated heterocycles. The normalized spacial score (nSPS) is 16.0. The van der Waals surface area contributed by atoms with Crippen LogP contribution in [0.3, 0.4) is 0 Å². The Morgan fingerprint density at radius 1 is 1.30 bits per heavy atom. The number of carboxylic acids is 1. The Bertz CT molecular complexity index is 798. The first-order chi connectivity index (χ1) is 13.1. The average Bonchev–Trinajstić information content (AvgIpc) is 2.81. The molecule has 8 nitrogen and oxygen atoms in total. The fourth-order valence-corrected chi connectivity index (χ4v) is 2.97. The first kappa shape index (κ1) is 18.6. The number of ether oxygens (including phenoxy) is 1. The van der Waals surface area contributed by atoms with E-state index in [1.54, 1.807) is 18.5 Å². The van der Waals surface area contributed by atoms with Crippen molar-refractivity contribution in [3.63, 3.8) is 0 Å². The number of benzene rings is 1. The number of hydrogen-bond acceptors (Lipinski definition) is 6. The molecule has 1 unspecified atom stereocenters. The number of anilines is 1. The first-order valence-electron chi connectivity index (χ1n) is 8.87. The Morgan fingerprint density at radius 2 is 2.11 bits per heavy atom. The lowest BCUT2D eigenvalue weighted by Gasteiger charge is -2.12. The third kappa shape index (κ3) is 5.40. The summed E-state index contributed by atoms with van der Waals surface area (Å²) < 4.78 is 5.78. The molecule has 1 aromatic carbocycles. The number of carbonyl (C=O) groups excluding carboxylic acids is 1. The van der Waals surface area contributed by atoms with E-state index in [2.05, 4.69) is 20.6 Å². The molecule has 1 amide bonds. The van der Waals surface area contributed by atoms with Crippen molar-refractivity contribution in [2.45, 2.75) is 25.8 Å². The van der Waals surface area contributed by atoms with Crippen LogP contribution in [-0.4, -0.2) is 40.1 Å². The zero-order chi connectivity index (χ0) is 19.1. The van der Waals surface area contributed by atoms with Gasteiger partial charge < -0.3 is 20.5 Å². The van der Waals surface area contributed by atoms with E-state index in [0.29, 0.717) is 32.1 Å². The topological polar surface area (TPSA) is 113 Å². The number of nitrogens with zero attached hydrogens (tertiary/aromatic N) is 2. The van der Waals surface area contributed by atoms with Crippen LogP contribution in [0.25, 0.3) is 0 Å². The number of fused-ring (bicyclic) bond motifs is 1. The largest absolute Gasteiger partial charge is 0.494 e. The highest BCUT2D eigenvalue weighted by Crippen LogP contribution is 2.24. The Kier molecular flexibility index (Phi) is 6.19. The molecule has 1 aliphatic heterocycles. The molecule has 2 heterocycles. The molecular formula is C19H22N4O4. The minimum atomic E-state index is -0.965. The van der Waals surface area contributed by atoms with E-state index in [1.807, 2.05) is 18.2 Å². The molecule has 1 aromatic heterocycles. The smallest absolute Gasteiger partial charge is 0.304 e. The predicted molar refractivity (Wildman–Crippen MR) is 98.4 cm³/mol. The van der Waals surface area contributed by atoms with Gasteiger partial charge in [-0.25, -0.2) is 9.97 Å². The number of rotatable bonds is 8. The summed E-state index contributed by atoms with van der Waals surface area (Å²) in [6.07, 6.45) is 4.41. The predicted octanol–water partition coefficient (Wildman–Crippen LogP) is 1.62. The van der Waals surface area contributed by atoms with E-state index >= 15 is 0 Å². The number of aromatic nitrogens is 2. The summed E-state index contributed by atoms with van der Waals surface area (Å²) in [6.45, 7) is 1.61. The molecular weight excluding hydrogens is 348 g/mol. The standard InChI is InChI=1S/C19H22N4O4/c24-17(25)11-14-9-13-3-4-16(10-15(13)12-23-18(14)26)27-8-2-7-22-19-20-5-1-6-21-19/h1,3-6,10,14H,2,7-9,11-12H2,(H,23,26)(H,24,25)(H,20,21,22). The summed E-state index contributed by atoms with van der Waals surface area (Å²) in [5, 5.41) is 14.9. The molecule has 8 heteroatoms. The third-order valence-corrected chi connectivity index (χ3v) is 4.33. The number of hydrogen-bond donors (Lipinski definition) is 3. The molecule has 0 saturated carbocycles. The lowest BCUT2D eigenvalue weighted by molar-refractivity contribution is -0.141. The van der Waals surface area contributed by atoms with Crippen molar-refractivity contribution in [1.82, 2.24) is 15.3 Å². The van der Waals surface area contributed by atoms with Gasteiger partial charge in [-0.15, -0.1) is 0 Å². The summed E-state index contributed by atoms with van der Waals surface area (Å²) in [4.78, 5) is 31.2. The van der Waals surface area contributed by atoms with Crippen molar-refractivity contribution in [3.8, 4) is 5.75 Å². The Balaban J connectivity index is 1.50. The van der Waals surface area contributed by atoms with Gasteiger partial charge in [0.25, 0.3) is 0 Å². The minimum absolute atomic E-state index is 0.165. The van der Waals surface area contributed by atoms with Crippen molar-refractivity contribution < 1.29 is 19.4 Å². The van der Waals surface area contributed by atoms with Gasteiger partial charge >= 0.3 is 5.97 Å². The van der Waals surface area contributed by atoms with Crippen LogP contribution in [0.5, 0.6) is 5.75 Å². The Hall–Kier alpha value is -3.16. The second-order valence-corrected chi connectivity index (χ2v) is 6.35. The van der Waals surface area contributed by atoms with Crippen molar-refractivity contribution >= 4 is 17.8 Å². The lowest BCUT2D eigenvalue weighted by atomic mass is 9.94. The fraction of sp³-hybridized carbons (Fsp3) is 0.368. The highest BCUT2D eigenvalue weighted by atomic mass is 16.5. The molecule has 142 valence electrons. The molecule has 1 atom stereocenters. The number of carbonyl (C=O) groups is 2. The summed E-state index contributed by atoms with van der Waals surface area (Å²) in [7, 11) is 0. The number of amides is 1. The average molecular weight is 370 g/mol. The lowest BCUT2D eigenvalue weighted by Crippen LogP contribution is -2.30. The molecule has 2 aromatic rings. The van der Waals surface area contributed by atoms with Crippen LogP contribution < -0.4 is 15.4 Å². The molecule has 0 aliphatic carbocycles. The van der Waals surface area contributed by atoms with Gasteiger partial charge in [-0.2, -0.15) is 0 Å². The second kappa shape index (κ2) is 8.98. The summed E-state index contributed by atoms with van der Waals surface area (Å²) in [5.74, 6) is -0.398. The molecule has 3 rings (SSSR count). The first-order valence-corrected chi connectivity index (χ1v) is 8.87. The van der Waals surface area contributed by atoms with Crippen molar-refractivity contribution in [2.75, 3.05) is 18.5 Å². The van der Waals surface area contributed by atoms with Crippen molar-refractivity contribution in [1.29, 1.82) is 0 Å². The van der Waals surface area contributed by atoms with Gasteiger partial charge in [0.15, 0.2) is 0 Å². The van der Waals surface area contributed by atoms with Crippen LogP contribution in [0, 0.1) is 5.92 Å². The number of nitrogens with one attached hydrogen (secondary N) is 2. The quantitative estimate of drug-likeness (QED) is 0.605. The highest BCUT2D eigenvalue weighted by Gasteiger charge is 2.26. The van der Waals surface area contributed by atoms with E-state index in [9.17, 15) is 9.59 Å². The van der Waals surface area contributed by atoms with Gasteiger partial charge in [0.05, 0.1) is 18.9 Å². The van der Waals surface area contributed by atoms with Gasteiger partial charge in [0, 0.05) is 25.5 Å². The van der Waals surface area contributed by atoms with Gasteiger partial charge in [0.1, 0.15) is 5.75 Å². The van der Waals surface area contributed by atoms with Gasteiger partial charge in [-0.3, -0.25) is 9.59 Å². The van der Waals surface area contributed by atoms with E-state index in [0.717, 1.165) is 23.3 Å². The molecule has 3 N–H and O–H groups in total. The van der Waals surface area contributed by atoms with Crippen molar-refractivity contribution in [2.24, 2.45) is 5.92 Å². The molecule has 1 aliphatic rings. The highest BCUT2D eigenvalue weighted by molar-refractivity contribution is 5.84. The summed E-state index contributed by atoms with van der Waals surface area (Å²) in [5.41, 5.74) is 1.94. The van der Waals surface area contributed by atoms with Crippen LogP contribution in [-0.2, 0) is 22.6 Å². The maximum atomic E-state index is 12.0. The zero-order valence-corrected chi connectivity index (χ0v) is 14.9. The van der Waals surface area contributed by atoms with Crippen LogP contribution in [0.2, 0.25) is 0 Å². The van der Waals surface area contributed by atoms with Crippen LogP contribution in [0.4, 0.5) is 5.95 Å². The third-order valence-electron chi connectivity index (χ3n) is 4.33. The molecule has 27 heavy (non-hydrogen) atoms. The molecule has 0 radical (unpaired) electrons.